The molecule has 0 saturated carbocycles. The van der Waals surface area contributed by atoms with Crippen LogP contribution >= 0.6 is 0 Å². The minimum atomic E-state index is -3.98. The van der Waals surface area contributed by atoms with Crippen LogP contribution < -0.4 is 20.3 Å². The first kappa shape index (κ1) is 29.6. The lowest BCUT2D eigenvalue weighted by Crippen LogP contribution is -2.44. The highest BCUT2D eigenvalue weighted by molar-refractivity contribution is 7.92. The number of hydrogen-bond acceptors (Lipinski definition) is 8. The van der Waals surface area contributed by atoms with Crippen LogP contribution in [0.3, 0.4) is 0 Å². The number of nitrogens with one attached hydrogen (secondary N) is 3. The molecule has 226 valence electrons. The smallest absolute Gasteiger partial charge is 0.261 e. The Hall–Kier alpha value is -5.44. The van der Waals surface area contributed by atoms with Crippen LogP contribution in [0.2, 0.25) is 0 Å². The minimum absolute atomic E-state index is 0.0614. The van der Waals surface area contributed by atoms with Gasteiger partial charge in [-0.15, -0.1) is 0 Å². The molecule has 0 bridgehead atoms. The van der Waals surface area contributed by atoms with Crippen molar-refractivity contribution < 1.29 is 18.0 Å². The fourth-order valence-electron chi connectivity index (χ4n) is 5.31. The van der Waals surface area contributed by atoms with Crippen LogP contribution in [0.4, 0.5) is 22.7 Å². The van der Waals surface area contributed by atoms with Crippen molar-refractivity contribution in [2.24, 2.45) is 0 Å². The number of anilines is 4. The maximum absolute atomic E-state index is 13.4. The van der Waals surface area contributed by atoms with Crippen LogP contribution in [0.25, 0.3) is 5.57 Å². The second kappa shape index (κ2) is 12.3. The lowest BCUT2D eigenvalue weighted by Gasteiger charge is -2.34. The molecule has 0 atom stereocenters. The fraction of sp³-hybridized carbons (Fsp3) is 0.147. The Morgan fingerprint density at radius 2 is 1.62 bits per heavy atom. The second-order valence-electron chi connectivity index (χ2n) is 10.9. The van der Waals surface area contributed by atoms with Gasteiger partial charge in [0.05, 0.1) is 22.1 Å². The maximum atomic E-state index is 13.4. The molecule has 45 heavy (non-hydrogen) atoms. The molecule has 10 nitrogen and oxygen atoms in total. The summed E-state index contributed by atoms with van der Waals surface area (Å²) in [6.45, 7) is 4.03. The third kappa shape index (κ3) is 6.43. The number of rotatable bonds is 8. The SMILES string of the molecule is CN1CCN(c2ccc(N/C=C3/C(=O)Nc4cc(C(=O)c5cccc(NS(=O)(=O)c6cccc(C#N)c6)c5)ccc43)cc2)CC1. The van der Waals surface area contributed by atoms with E-state index in [9.17, 15) is 18.0 Å². The highest BCUT2D eigenvalue weighted by Gasteiger charge is 2.26. The highest BCUT2D eigenvalue weighted by atomic mass is 32.2. The summed E-state index contributed by atoms with van der Waals surface area (Å²) < 4.78 is 28.2. The molecule has 4 aromatic carbocycles. The summed E-state index contributed by atoms with van der Waals surface area (Å²) in [5, 5.41) is 15.1. The van der Waals surface area contributed by atoms with Gasteiger partial charge in [0.1, 0.15) is 0 Å². The van der Waals surface area contributed by atoms with Crippen molar-refractivity contribution in [1.82, 2.24) is 4.90 Å². The first-order valence-electron chi connectivity index (χ1n) is 14.3. The molecule has 0 aliphatic carbocycles. The predicted octanol–water partition coefficient (Wildman–Crippen LogP) is 4.75. The molecular weight excluding hydrogens is 588 g/mol. The van der Waals surface area contributed by atoms with Crippen molar-refractivity contribution in [3.8, 4) is 6.07 Å². The van der Waals surface area contributed by atoms with E-state index in [2.05, 4.69) is 44.3 Å². The third-order valence-corrected chi connectivity index (χ3v) is 9.21. The van der Waals surface area contributed by atoms with Crippen molar-refractivity contribution in [3.63, 3.8) is 0 Å². The van der Waals surface area contributed by atoms with Gasteiger partial charge in [-0.1, -0.05) is 30.3 Å². The monoisotopic (exact) mass is 618 g/mol. The molecule has 2 aliphatic rings. The molecule has 3 N–H and O–H groups in total. The van der Waals surface area contributed by atoms with E-state index in [-0.39, 0.29) is 33.4 Å². The minimum Gasteiger partial charge on any atom is -0.369 e. The summed E-state index contributed by atoms with van der Waals surface area (Å²) in [6.07, 6.45) is 1.66. The first-order chi connectivity index (χ1) is 21.7. The van der Waals surface area contributed by atoms with E-state index in [1.54, 1.807) is 36.5 Å². The molecule has 1 amide bonds. The molecule has 2 heterocycles. The lowest BCUT2D eigenvalue weighted by atomic mass is 9.99. The van der Waals surface area contributed by atoms with Gasteiger partial charge >= 0.3 is 0 Å². The van der Waals surface area contributed by atoms with Crippen LogP contribution in [0.15, 0.2) is 102 Å². The van der Waals surface area contributed by atoms with Gasteiger partial charge in [-0.2, -0.15) is 5.26 Å². The van der Waals surface area contributed by atoms with Gasteiger partial charge in [-0.3, -0.25) is 14.3 Å². The zero-order valence-electron chi connectivity index (χ0n) is 24.4. The number of hydrogen-bond donors (Lipinski definition) is 3. The number of sulfonamides is 1. The Kier molecular flexibility index (Phi) is 8.08. The predicted molar refractivity (Wildman–Crippen MR) is 175 cm³/mol. The summed E-state index contributed by atoms with van der Waals surface area (Å²) in [5.74, 6) is -0.622. The van der Waals surface area contributed by atoms with E-state index in [1.807, 2.05) is 18.2 Å². The standard InChI is InChI=1S/C34H30N6O4S/c1-39-14-16-40(17-15-39)28-11-9-26(10-12-28)36-22-31-30-13-8-25(20-32(30)37-34(31)42)33(41)24-5-3-6-27(19-24)38-45(43,44)29-7-2-4-23(18-29)21-35/h2-13,18-20,22,36,38H,14-17H2,1H3,(H,37,42)/b31-22+. The number of carbonyl (C=O) groups excluding carboxylic acids is 2. The Bertz CT molecular complexity index is 1970. The molecule has 1 fully saturated rings. The molecule has 1 saturated heterocycles. The number of nitrogens with zero attached hydrogens (tertiary/aromatic N) is 3. The Labute approximate surface area is 261 Å². The van der Waals surface area contributed by atoms with Crippen LogP contribution in [-0.4, -0.2) is 58.2 Å². The molecule has 0 radical (unpaired) electrons. The number of carbonyl (C=O) groups is 2. The fourth-order valence-corrected chi connectivity index (χ4v) is 6.40. The average molecular weight is 619 g/mol. The number of fused-ring (bicyclic) bond motifs is 1. The van der Waals surface area contributed by atoms with E-state index in [4.69, 9.17) is 5.26 Å². The molecule has 11 heteroatoms. The third-order valence-electron chi connectivity index (χ3n) is 7.83. The van der Waals surface area contributed by atoms with Crippen molar-refractivity contribution in [1.29, 1.82) is 5.26 Å². The van der Waals surface area contributed by atoms with E-state index in [0.29, 0.717) is 22.4 Å². The Morgan fingerprint density at radius 3 is 2.38 bits per heavy atom. The summed E-state index contributed by atoms with van der Waals surface area (Å²) in [6, 6.07) is 26.8. The average Bonchev–Trinajstić information content (AvgIpc) is 3.37. The van der Waals surface area contributed by atoms with Crippen LogP contribution in [0, 0.1) is 11.3 Å². The van der Waals surface area contributed by atoms with Crippen molar-refractivity contribution in [2.75, 3.05) is 53.5 Å². The number of likely N-dealkylation sites (N-methyl/N-ethyl adjacent to an activating group) is 1. The number of piperazine rings is 1. The van der Waals surface area contributed by atoms with Crippen molar-refractivity contribution >= 4 is 50.0 Å². The van der Waals surface area contributed by atoms with Crippen LogP contribution in [-0.2, 0) is 14.8 Å². The zero-order chi connectivity index (χ0) is 31.6. The van der Waals surface area contributed by atoms with Gasteiger partial charge in [0.25, 0.3) is 15.9 Å². The summed E-state index contributed by atoms with van der Waals surface area (Å²) in [7, 11) is -1.86. The van der Waals surface area contributed by atoms with Gasteiger partial charge in [0.2, 0.25) is 0 Å². The highest BCUT2D eigenvalue weighted by Crippen LogP contribution is 2.33. The lowest BCUT2D eigenvalue weighted by molar-refractivity contribution is -0.110. The first-order valence-corrected chi connectivity index (χ1v) is 15.8. The van der Waals surface area contributed by atoms with Gasteiger partial charge in [0.15, 0.2) is 5.78 Å². The topological polar surface area (TPSA) is 135 Å². The number of ketones is 1. The summed E-state index contributed by atoms with van der Waals surface area (Å²) in [4.78, 5) is 30.8. The summed E-state index contributed by atoms with van der Waals surface area (Å²) >= 11 is 0. The molecular formula is C34H30N6O4S. The van der Waals surface area contributed by atoms with E-state index in [0.717, 1.165) is 37.6 Å². The van der Waals surface area contributed by atoms with Gasteiger partial charge in [-0.25, -0.2) is 8.42 Å². The second-order valence-corrected chi connectivity index (χ2v) is 12.6. The summed E-state index contributed by atoms with van der Waals surface area (Å²) in [5.41, 5.74) is 4.66. The van der Waals surface area contributed by atoms with Gasteiger partial charge < -0.3 is 20.4 Å². The number of benzene rings is 4. The molecule has 0 unspecified atom stereocenters. The molecule has 4 aromatic rings. The van der Waals surface area contributed by atoms with Crippen molar-refractivity contribution in [2.45, 2.75) is 4.90 Å². The maximum Gasteiger partial charge on any atom is 0.261 e. The van der Waals surface area contributed by atoms with Crippen LogP contribution in [0.1, 0.15) is 27.0 Å². The molecule has 2 aliphatic heterocycles. The van der Waals surface area contributed by atoms with E-state index < -0.39 is 10.0 Å². The van der Waals surface area contributed by atoms with Gasteiger partial charge in [0, 0.05) is 71.8 Å². The molecule has 6 rings (SSSR count). The van der Waals surface area contributed by atoms with Crippen LogP contribution in [0.5, 0.6) is 0 Å². The Balaban J connectivity index is 1.15. The quantitative estimate of drug-likeness (QED) is 0.190. The normalized spacial score (nSPS) is 15.7. The van der Waals surface area contributed by atoms with E-state index >= 15 is 0 Å². The number of nitriles is 1. The largest absolute Gasteiger partial charge is 0.369 e. The molecule has 0 spiro atoms. The Morgan fingerprint density at radius 1 is 0.889 bits per heavy atom. The van der Waals surface area contributed by atoms with Gasteiger partial charge in [-0.05, 0) is 67.7 Å². The van der Waals surface area contributed by atoms with Crippen molar-refractivity contribution in [3.05, 3.63) is 119 Å². The number of amides is 1. The zero-order valence-corrected chi connectivity index (χ0v) is 25.3. The van der Waals surface area contributed by atoms with E-state index in [1.165, 1.54) is 36.4 Å². The molecule has 0 aromatic heterocycles.